The van der Waals surface area contributed by atoms with Crippen LogP contribution in [-0.2, 0) is 11.2 Å². The maximum atomic E-state index is 11.7. The summed E-state index contributed by atoms with van der Waals surface area (Å²) >= 11 is 5.06. The number of nitrogens with one attached hydrogen (secondary N) is 3. The van der Waals surface area contributed by atoms with E-state index in [4.69, 9.17) is 16.6 Å². The molecule has 7 heteroatoms. The summed E-state index contributed by atoms with van der Waals surface area (Å²) in [6, 6.07) is 10.4. The Kier molecular flexibility index (Phi) is 5.26. The molecule has 0 radical (unpaired) electrons. The Bertz CT molecular complexity index is 666. The third-order valence-corrected chi connectivity index (χ3v) is 3.03. The van der Waals surface area contributed by atoms with Gasteiger partial charge in [0.2, 0.25) is 5.91 Å². The molecule has 2 rings (SSSR count). The minimum absolute atomic E-state index is 0.0538. The van der Waals surface area contributed by atoms with Crippen molar-refractivity contribution < 1.29 is 14.0 Å². The van der Waals surface area contributed by atoms with Gasteiger partial charge in [0.15, 0.2) is 10.9 Å². The lowest BCUT2D eigenvalue weighted by molar-refractivity contribution is -0.119. The fourth-order valence-corrected chi connectivity index (χ4v) is 1.93. The monoisotopic (exact) mass is 317 g/mol. The number of rotatable bonds is 4. The van der Waals surface area contributed by atoms with Gasteiger partial charge >= 0.3 is 0 Å². The summed E-state index contributed by atoms with van der Waals surface area (Å²) in [5.74, 6) is -0.286. The number of carbonyl (C=O) groups is 2. The highest BCUT2D eigenvalue weighted by atomic mass is 32.1. The van der Waals surface area contributed by atoms with E-state index in [1.807, 2.05) is 12.1 Å². The standard InChI is InChI=1S/C15H15N3O3S/c1-16-13(19)9-10-4-6-11(7-5-10)17-15(22)18-14(20)12-3-2-8-21-12/h2-8H,9H2,1H3,(H,16,19)(H2,17,18,20,22). The number of amides is 2. The normalized spacial score (nSPS) is 9.86. The van der Waals surface area contributed by atoms with E-state index >= 15 is 0 Å². The van der Waals surface area contributed by atoms with Crippen molar-refractivity contribution in [1.29, 1.82) is 0 Å². The summed E-state index contributed by atoms with van der Waals surface area (Å²) in [6.07, 6.45) is 1.73. The Morgan fingerprint density at radius 3 is 2.50 bits per heavy atom. The number of hydrogen-bond donors (Lipinski definition) is 3. The van der Waals surface area contributed by atoms with Crippen LogP contribution in [0.15, 0.2) is 47.1 Å². The summed E-state index contributed by atoms with van der Waals surface area (Å²) < 4.78 is 4.97. The number of anilines is 1. The number of likely N-dealkylation sites (N-methyl/N-ethyl adjacent to an activating group) is 1. The molecule has 114 valence electrons. The van der Waals surface area contributed by atoms with Crippen LogP contribution in [-0.4, -0.2) is 24.0 Å². The van der Waals surface area contributed by atoms with E-state index in [0.29, 0.717) is 12.1 Å². The average molecular weight is 317 g/mol. The lowest BCUT2D eigenvalue weighted by atomic mass is 10.1. The Hall–Kier alpha value is -2.67. The molecule has 1 aromatic carbocycles. The predicted octanol–water partition coefficient (Wildman–Crippen LogP) is 1.69. The van der Waals surface area contributed by atoms with Crippen molar-refractivity contribution >= 4 is 34.8 Å². The second kappa shape index (κ2) is 7.37. The summed E-state index contributed by atoms with van der Waals surface area (Å²) in [6.45, 7) is 0. The molecule has 0 aliphatic heterocycles. The lowest BCUT2D eigenvalue weighted by Crippen LogP contribution is -2.33. The van der Waals surface area contributed by atoms with Crippen LogP contribution in [0.5, 0.6) is 0 Å². The highest BCUT2D eigenvalue weighted by molar-refractivity contribution is 7.80. The molecule has 3 N–H and O–H groups in total. The molecule has 0 saturated carbocycles. The smallest absolute Gasteiger partial charge is 0.293 e. The molecule has 2 aromatic rings. The largest absolute Gasteiger partial charge is 0.459 e. The number of thiocarbonyl (C=S) groups is 1. The van der Waals surface area contributed by atoms with Crippen molar-refractivity contribution in [2.24, 2.45) is 0 Å². The van der Waals surface area contributed by atoms with Crippen molar-refractivity contribution in [2.45, 2.75) is 6.42 Å². The van der Waals surface area contributed by atoms with Crippen LogP contribution in [0.25, 0.3) is 0 Å². The Morgan fingerprint density at radius 1 is 1.18 bits per heavy atom. The minimum Gasteiger partial charge on any atom is -0.459 e. The quantitative estimate of drug-likeness (QED) is 0.748. The molecular weight excluding hydrogens is 302 g/mol. The van der Waals surface area contributed by atoms with Crippen molar-refractivity contribution in [2.75, 3.05) is 12.4 Å². The first-order chi connectivity index (χ1) is 10.6. The third kappa shape index (κ3) is 4.42. The predicted molar refractivity (Wildman–Crippen MR) is 86.6 cm³/mol. The van der Waals surface area contributed by atoms with Gasteiger partial charge in [0.1, 0.15) is 0 Å². The molecule has 0 saturated heterocycles. The SMILES string of the molecule is CNC(=O)Cc1ccc(NC(=S)NC(=O)c2ccco2)cc1. The van der Waals surface area contributed by atoms with Crippen LogP contribution in [0.2, 0.25) is 0 Å². The van der Waals surface area contributed by atoms with Gasteiger partial charge in [0.25, 0.3) is 5.91 Å². The van der Waals surface area contributed by atoms with Gasteiger partial charge in [-0.25, -0.2) is 0 Å². The minimum atomic E-state index is -0.418. The van der Waals surface area contributed by atoms with Gasteiger partial charge in [-0.3, -0.25) is 14.9 Å². The maximum absolute atomic E-state index is 11.7. The van der Waals surface area contributed by atoms with E-state index in [-0.39, 0.29) is 16.8 Å². The van der Waals surface area contributed by atoms with Crippen LogP contribution in [0.4, 0.5) is 5.69 Å². The highest BCUT2D eigenvalue weighted by Crippen LogP contribution is 2.10. The van der Waals surface area contributed by atoms with E-state index in [2.05, 4.69) is 16.0 Å². The van der Waals surface area contributed by atoms with Crippen LogP contribution in [0.3, 0.4) is 0 Å². The van der Waals surface area contributed by atoms with Gasteiger partial charge in [-0.15, -0.1) is 0 Å². The fraction of sp³-hybridized carbons (Fsp3) is 0.133. The molecule has 1 aromatic heterocycles. The molecule has 0 unspecified atom stereocenters. The molecule has 1 heterocycles. The van der Waals surface area contributed by atoms with Crippen LogP contribution >= 0.6 is 12.2 Å². The molecule has 6 nitrogen and oxygen atoms in total. The van der Waals surface area contributed by atoms with E-state index in [1.165, 1.54) is 6.26 Å². The van der Waals surface area contributed by atoms with E-state index in [0.717, 1.165) is 5.56 Å². The Balaban J connectivity index is 1.89. The van der Waals surface area contributed by atoms with Gasteiger partial charge < -0.3 is 15.1 Å². The Morgan fingerprint density at radius 2 is 1.91 bits per heavy atom. The topological polar surface area (TPSA) is 83.4 Å². The molecule has 0 aliphatic rings. The summed E-state index contributed by atoms with van der Waals surface area (Å²) in [4.78, 5) is 23.0. The lowest BCUT2D eigenvalue weighted by Gasteiger charge is -2.09. The van der Waals surface area contributed by atoms with Crippen molar-refractivity contribution in [3.63, 3.8) is 0 Å². The van der Waals surface area contributed by atoms with Crippen molar-refractivity contribution in [3.8, 4) is 0 Å². The van der Waals surface area contributed by atoms with Crippen LogP contribution in [0, 0.1) is 0 Å². The molecule has 0 fully saturated rings. The van der Waals surface area contributed by atoms with Crippen LogP contribution < -0.4 is 16.0 Å². The number of furan rings is 1. The van der Waals surface area contributed by atoms with E-state index < -0.39 is 5.91 Å². The van der Waals surface area contributed by atoms with Gasteiger partial charge in [-0.05, 0) is 42.0 Å². The first kappa shape index (κ1) is 15.7. The number of hydrogen-bond acceptors (Lipinski definition) is 4. The second-order valence-corrected chi connectivity index (χ2v) is 4.84. The zero-order chi connectivity index (χ0) is 15.9. The van der Waals surface area contributed by atoms with Crippen molar-refractivity contribution in [1.82, 2.24) is 10.6 Å². The van der Waals surface area contributed by atoms with Gasteiger partial charge in [0.05, 0.1) is 12.7 Å². The van der Waals surface area contributed by atoms with Crippen LogP contribution in [0.1, 0.15) is 16.1 Å². The van der Waals surface area contributed by atoms with E-state index in [1.54, 1.807) is 31.3 Å². The number of carbonyl (C=O) groups excluding carboxylic acids is 2. The van der Waals surface area contributed by atoms with Gasteiger partial charge in [-0.2, -0.15) is 0 Å². The fourth-order valence-electron chi connectivity index (χ4n) is 1.71. The Labute approximate surface area is 132 Å². The van der Waals surface area contributed by atoms with Crippen molar-refractivity contribution in [3.05, 3.63) is 54.0 Å². The first-order valence-electron chi connectivity index (χ1n) is 6.54. The molecule has 0 bridgehead atoms. The summed E-state index contributed by atoms with van der Waals surface area (Å²) in [5, 5.41) is 8.13. The highest BCUT2D eigenvalue weighted by Gasteiger charge is 2.10. The molecule has 22 heavy (non-hydrogen) atoms. The zero-order valence-corrected chi connectivity index (χ0v) is 12.7. The first-order valence-corrected chi connectivity index (χ1v) is 6.94. The average Bonchev–Trinajstić information content (AvgIpc) is 3.03. The molecule has 0 aliphatic carbocycles. The van der Waals surface area contributed by atoms with E-state index in [9.17, 15) is 9.59 Å². The van der Waals surface area contributed by atoms with Gasteiger partial charge in [0, 0.05) is 12.7 Å². The molecular formula is C15H15N3O3S. The molecule has 2 amide bonds. The second-order valence-electron chi connectivity index (χ2n) is 4.43. The molecule has 0 spiro atoms. The maximum Gasteiger partial charge on any atom is 0.293 e. The van der Waals surface area contributed by atoms with Gasteiger partial charge in [-0.1, -0.05) is 12.1 Å². The summed E-state index contributed by atoms with van der Waals surface area (Å²) in [5.41, 5.74) is 1.60. The molecule has 0 atom stereocenters. The number of benzene rings is 1. The third-order valence-electron chi connectivity index (χ3n) is 2.83. The summed E-state index contributed by atoms with van der Waals surface area (Å²) in [7, 11) is 1.60. The zero-order valence-electron chi connectivity index (χ0n) is 11.9.